The first-order valence-electron chi connectivity index (χ1n) is 10.5. The number of aromatic amines is 2. The third kappa shape index (κ3) is 5.19. The van der Waals surface area contributed by atoms with Gasteiger partial charge in [0.2, 0.25) is 0 Å². The number of hydrogen-bond acceptors (Lipinski definition) is 7. The standard InChI is InChI=1S/C18H16N2O4.C8H6N2O/c1-23-12-8-16(22)18(17(9-12)24-2)15(21)6-4-11-3-5-13-14(7-11)20-10-19-13;11-4-6-1-2-7-8(3-6)10-5-9-7/h3-10,22H,1-2H3,(H,19,20);1-5H,(H,9,10)/b6-4+;. The van der Waals surface area contributed by atoms with Gasteiger partial charge in [0.25, 0.3) is 0 Å². The number of phenolic OH excluding ortho intramolecular Hbond substituents is 1. The Morgan fingerprint density at radius 2 is 1.51 bits per heavy atom. The van der Waals surface area contributed by atoms with Crippen LogP contribution in [0.4, 0.5) is 0 Å². The van der Waals surface area contributed by atoms with E-state index in [4.69, 9.17) is 9.47 Å². The minimum atomic E-state index is -0.367. The highest BCUT2D eigenvalue weighted by Gasteiger charge is 2.17. The van der Waals surface area contributed by atoms with E-state index < -0.39 is 0 Å². The summed E-state index contributed by atoms with van der Waals surface area (Å²) in [5, 5.41) is 10.1. The monoisotopic (exact) mass is 470 g/mol. The fourth-order valence-corrected chi connectivity index (χ4v) is 3.43. The van der Waals surface area contributed by atoms with Crippen LogP contribution in [0.15, 0.2) is 67.3 Å². The van der Waals surface area contributed by atoms with Crippen LogP contribution in [-0.4, -0.2) is 51.3 Å². The predicted molar refractivity (Wildman–Crippen MR) is 132 cm³/mol. The van der Waals surface area contributed by atoms with E-state index in [2.05, 4.69) is 19.9 Å². The summed E-state index contributed by atoms with van der Waals surface area (Å²) >= 11 is 0. The quantitative estimate of drug-likeness (QED) is 0.188. The highest BCUT2D eigenvalue weighted by atomic mass is 16.5. The predicted octanol–water partition coefficient (Wildman–Crippen LogP) is 4.56. The van der Waals surface area contributed by atoms with Crippen molar-refractivity contribution in [1.82, 2.24) is 19.9 Å². The van der Waals surface area contributed by atoms with Crippen molar-refractivity contribution in [3.63, 3.8) is 0 Å². The summed E-state index contributed by atoms with van der Waals surface area (Å²) in [5.41, 5.74) is 5.10. The molecule has 0 aliphatic heterocycles. The molecule has 0 amide bonds. The molecule has 0 aliphatic carbocycles. The Kier molecular flexibility index (Phi) is 6.87. The van der Waals surface area contributed by atoms with Crippen molar-refractivity contribution in [2.75, 3.05) is 14.2 Å². The summed E-state index contributed by atoms with van der Waals surface area (Å²) in [5.74, 6) is 0.107. The molecule has 2 heterocycles. The first-order chi connectivity index (χ1) is 17.0. The first kappa shape index (κ1) is 23.2. The van der Waals surface area contributed by atoms with Crippen molar-refractivity contribution in [3.05, 3.63) is 84.0 Å². The zero-order valence-electron chi connectivity index (χ0n) is 19.0. The molecule has 3 N–H and O–H groups in total. The zero-order chi connectivity index (χ0) is 24.8. The second kappa shape index (κ2) is 10.3. The van der Waals surface area contributed by atoms with E-state index in [9.17, 15) is 14.7 Å². The van der Waals surface area contributed by atoms with Crippen LogP contribution in [0.25, 0.3) is 28.1 Å². The average Bonchev–Trinajstić information content (AvgIpc) is 3.55. The van der Waals surface area contributed by atoms with Crippen LogP contribution >= 0.6 is 0 Å². The van der Waals surface area contributed by atoms with Gasteiger partial charge in [0, 0.05) is 17.7 Å². The molecule has 0 bridgehead atoms. The molecule has 0 saturated carbocycles. The lowest BCUT2D eigenvalue weighted by atomic mass is 10.1. The minimum Gasteiger partial charge on any atom is -0.507 e. The van der Waals surface area contributed by atoms with Gasteiger partial charge in [-0.2, -0.15) is 0 Å². The summed E-state index contributed by atoms with van der Waals surface area (Å²) < 4.78 is 10.2. The molecule has 3 aromatic carbocycles. The molecule has 9 heteroatoms. The van der Waals surface area contributed by atoms with Crippen molar-refractivity contribution in [1.29, 1.82) is 0 Å². The number of nitrogens with one attached hydrogen (secondary N) is 2. The van der Waals surface area contributed by atoms with Gasteiger partial charge in [0.15, 0.2) is 5.78 Å². The largest absolute Gasteiger partial charge is 0.507 e. The number of rotatable bonds is 6. The van der Waals surface area contributed by atoms with Crippen molar-refractivity contribution in [2.24, 2.45) is 0 Å². The van der Waals surface area contributed by atoms with Gasteiger partial charge < -0.3 is 24.5 Å². The molecule has 5 rings (SSSR count). The first-order valence-corrected chi connectivity index (χ1v) is 10.5. The van der Waals surface area contributed by atoms with Gasteiger partial charge in [0.05, 0.1) is 48.9 Å². The van der Waals surface area contributed by atoms with Crippen molar-refractivity contribution in [2.45, 2.75) is 0 Å². The van der Waals surface area contributed by atoms with Gasteiger partial charge >= 0.3 is 0 Å². The van der Waals surface area contributed by atoms with Gasteiger partial charge in [-0.15, -0.1) is 0 Å². The van der Waals surface area contributed by atoms with Crippen LogP contribution in [0.5, 0.6) is 17.2 Å². The summed E-state index contributed by atoms with van der Waals surface area (Å²) in [6, 6.07) is 13.9. The van der Waals surface area contributed by atoms with Gasteiger partial charge in [0.1, 0.15) is 29.1 Å². The summed E-state index contributed by atoms with van der Waals surface area (Å²) in [7, 11) is 2.90. The Bertz CT molecular complexity index is 1530. The van der Waals surface area contributed by atoms with Gasteiger partial charge in [-0.3, -0.25) is 9.59 Å². The molecule has 0 spiro atoms. The number of fused-ring (bicyclic) bond motifs is 2. The minimum absolute atomic E-state index is 0.0930. The lowest BCUT2D eigenvalue weighted by molar-refractivity contribution is 0.104. The van der Waals surface area contributed by atoms with E-state index in [-0.39, 0.29) is 22.8 Å². The Hall–Kier alpha value is -4.92. The maximum Gasteiger partial charge on any atom is 0.193 e. The second-order valence-electron chi connectivity index (χ2n) is 7.40. The Morgan fingerprint density at radius 1 is 0.886 bits per heavy atom. The van der Waals surface area contributed by atoms with Crippen LogP contribution in [0.2, 0.25) is 0 Å². The lowest BCUT2D eigenvalue weighted by Crippen LogP contribution is -2.00. The fraction of sp³-hybridized carbons (Fsp3) is 0.0769. The van der Waals surface area contributed by atoms with Crippen molar-refractivity contribution < 1.29 is 24.2 Å². The zero-order valence-corrected chi connectivity index (χ0v) is 19.0. The van der Waals surface area contributed by atoms with Crippen LogP contribution in [-0.2, 0) is 0 Å². The molecule has 0 saturated heterocycles. The number of aldehydes is 1. The molecule has 0 radical (unpaired) electrons. The number of allylic oxidation sites excluding steroid dienone is 1. The van der Waals surface area contributed by atoms with E-state index in [0.29, 0.717) is 11.3 Å². The molecule has 35 heavy (non-hydrogen) atoms. The molecule has 9 nitrogen and oxygen atoms in total. The Morgan fingerprint density at radius 3 is 2.11 bits per heavy atom. The number of phenols is 1. The SMILES string of the molecule is COc1cc(O)c(C(=O)/C=C/c2ccc3[nH]cnc3c2)c(OC)c1.O=Cc1ccc2[nH]cnc2c1. The Balaban J connectivity index is 0.000000218. The van der Waals surface area contributed by atoms with Crippen LogP contribution in [0.3, 0.4) is 0 Å². The molecule has 176 valence electrons. The third-order valence-electron chi connectivity index (χ3n) is 5.21. The average molecular weight is 470 g/mol. The van der Waals surface area contributed by atoms with Crippen LogP contribution < -0.4 is 9.47 Å². The number of ether oxygens (including phenoxy) is 2. The van der Waals surface area contributed by atoms with Crippen LogP contribution in [0.1, 0.15) is 26.3 Å². The van der Waals surface area contributed by atoms with E-state index in [1.807, 2.05) is 24.3 Å². The second-order valence-corrected chi connectivity index (χ2v) is 7.40. The molecule has 0 aliphatic rings. The number of aromatic nitrogens is 4. The maximum atomic E-state index is 12.4. The molecule has 0 fully saturated rings. The van der Waals surface area contributed by atoms with Gasteiger partial charge in [-0.1, -0.05) is 12.1 Å². The summed E-state index contributed by atoms with van der Waals surface area (Å²) in [4.78, 5) is 36.9. The molecular formula is C26H22N4O5. The Labute approximate surface area is 200 Å². The summed E-state index contributed by atoms with van der Waals surface area (Å²) in [6.45, 7) is 0. The summed E-state index contributed by atoms with van der Waals surface area (Å²) in [6.07, 6.45) is 7.09. The number of imidazole rings is 2. The topological polar surface area (TPSA) is 130 Å². The van der Waals surface area contributed by atoms with E-state index in [0.717, 1.165) is 33.9 Å². The number of aromatic hydroxyl groups is 1. The maximum absolute atomic E-state index is 12.4. The smallest absolute Gasteiger partial charge is 0.193 e. The number of carbonyl (C=O) groups excluding carboxylic acids is 2. The molecule has 0 unspecified atom stereocenters. The van der Waals surface area contributed by atoms with E-state index >= 15 is 0 Å². The van der Waals surface area contributed by atoms with Crippen molar-refractivity contribution in [3.8, 4) is 17.2 Å². The lowest BCUT2D eigenvalue weighted by Gasteiger charge is -2.10. The third-order valence-corrected chi connectivity index (χ3v) is 5.21. The van der Waals surface area contributed by atoms with Crippen LogP contribution in [0, 0.1) is 0 Å². The molecule has 5 aromatic rings. The normalized spacial score (nSPS) is 10.8. The van der Waals surface area contributed by atoms with E-state index in [1.54, 1.807) is 36.9 Å². The molecular weight excluding hydrogens is 448 g/mol. The fourth-order valence-electron chi connectivity index (χ4n) is 3.43. The molecule has 2 aromatic heterocycles. The van der Waals surface area contributed by atoms with Crippen molar-refractivity contribution >= 4 is 40.2 Å². The number of benzene rings is 3. The van der Waals surface area contributed by atoms with E-state index in [1.165, 1.54) is 26.4 Å². The number of nitrogens with zero attached hydrogens (tertiary/aromatic N) is 2. The number of methoxy groups -OCH3 is 2. The number of carbonyl (C=O) groups is 2. The van der Waals surface area contributed by atoms with Gasteiger partial charge in [-0.05, 0) is 42.0 Å². The highest BCUT2D eigenvalue weighted by Crippen LogP contribution is 2.33. The highest BCUT2D eigenvalue weighted by molar-refractivity contribution is 6.10. The molecule has 0 atom stereocenters. The number of H-pyrrole nitrogens is 2. The number of hydrogen-bond donors (Lipinski definition) is 3. The number of ketones is 1. The van der Waals surface area contributed by atoms with Gasteiger partial charge in [-0.25, -0.2) is 9.97 Å².